The molecular weight excluding hydrogens is 431 g/mol. The molecular formula is C21H43BN4O7. The van der Waals surface area contributed by atoms with Crippen molar-refractivity contribution < 1.29 is 33.9 Å². The first-order valence-electron chi connectivity index (χ1n) is 11.5. The Morgan fingerprint density at radius 1 is 1.00 bits per heavy atom. The monoisotopic (exact) mass is 474 g/mol. The van der Waals surface area contributed by atoms with Crippen LogP contribution in [-0.2, 0) is 19.0 Å². The molecule has 0 aromatic carbocycles. The van der Waals surface area contributed by atoms with Crippen LogP contribution in [0.5, 0.6) is 0 Å². The minimum Gasteiger partial charge on any atom is -0.444 e. The third kappa shape index (κ3) is 14.1. The summed E-state index contributed by atoms with van der Waals surface area (Å²) in [7, 11) is -1.27. The van der Waals surface area contributed by atoms with Gasteiger partial charge in [0.05, 0.1) is 5.94 Å². The molecule has 0 fully saturated rings. The molecule has 0 heterocycles. The van der Waals surface area contributed by atoms with Crippen molar-refractivity contribution in [3.63, 3.8) is 0 Å². The van der Waals surface area contributed by atoms with Crippen LogP contribution in [0.4, 0.5) is 4.79 Å². The Kier molecular flexibility index (Phi) is 15.0. The number of amides is 3. The van der Waals surface area contributed by atoms with Gasteiger partial charge in [-0.15, -0.1) is 0 Å². The maximum atomic E-state index is 13.0. The van der Waals surface area contributed by atoms with E-state index in [1.54, 1.807) is 34.6 Å². The Morgan fingerprint density at radius 3 is 2.15 bits per heavy atom. The molecule has 0 saturated heterocycles. The summed E-state index contributed by atoms with van der Waals surface area (Å²) in [4.78, 5) is 37.5. The molecule has 0 bridgehead atoms. The van der Waals surface area contributed by atoms with E-state index in [1.807, 2.05) is 0 Å². The number of nitrogens with one attached hydrogen (secondary N) is 3. The summed E-state index contributed by atoms with van der Waals surface area (Å²) in [5.74, 6) is -2.00. The van der Waals surface area contributed by atoms with E-state index >= 15 is 0 Å². The molecule has 0 aromatic rings. The highest BCUT2D eigenvalue weighted by atomic mass is 16.6. The van der Waals surface area contributed by atoms with E-state index in [-0.39, 0.29) is 19.1 Å². The second-order valence-corrected chi connectivity index (χ2v) is 9.34. The fraction of sp³-hybridized carbons (Fsp3) is 0.857. The SMILES string of the molecule is CC(C)[C@H](NC(=O)[C@H](C)NC(=O)OC(C)(C)C)C(=O)N[C@@H](CCCCN)B(O)OCCCO. The molecule has 11 nitrogen and oxygen atoms in total. The number of aliphatic hydroxyl groups excluding tert-OH is 1. The number of aliphatic hydroxyl groups is 1. The van der Waals surface area contributed by atoms with E-state index in [1.165, 1.54) is 6.92 Å². The maximum Gasteiger partial charge on any atom is 0.478 e. The van der Waals surface area contributed by atoms with Gasteiger partial charge in [-0.1, -0.05) is 20.3 Å². The van der Waals surface area contributed by atoms with Gasteiger partial charge in [0.15, 0.2) is 0 Å². The van der Waals surface area contributed by atoms with Crippen molar-refractivity contribution in [2.75, 3.05) is 19.8 Å². The summed E-state index contributed by atoms with van der Waals surface area (Å²) in [6, 6.07) is -1.83. The number of nitrogens with two attached hydrogens (primary N) is 1. The molecule has 0 aliphatic carbocycles. The summed E-state index contributed by atoms with van der Waals surface area (Å²) in [5.41, 5.74) is 4.83. The average molecular weight is 474 g/mol. The highest BCUT2D eigenvalue weighted by Crippen LogP contribution is 2.09. The van der Waals surface area contributed by atoms with Crippen LogP contribution in [0.25, 0.3) is 0 Å². The number of hydrogen-bond donors (Lipinski definition) is 6. The van der Waals surface area contributed by atoms with Crippen LogP contribution in [0.15, 0.2) is 0 Å². The summed E-state index contributed by atoms with van der Waals surface area (Å²) in [6.45, 7) is 10.7. The van der Waals surface area contributed by atoms with Crippen LogP contribution in [-0.4, -0.2) is 78.5 Å². The second-order valence-electron chi connectivity index (χ2n) is 9.34. The van der Waals surface area contributed by atoms with Gasteiger partial charge in [0, 0.05) is 13.2 Å². The average Bonchev–Trinajstić information content (AvgIpc) is 2.69. The lowest BCUT2D eigenvalue weighted by molar-refractivity contribution is -0.131. The molecule has 3 atom stereocenters. The molecule has 0 rings (SSSR count). The fourth-order valence-electron chi connectivity index (χ4n) is 2.82. The summed E-state index contributed by atoms with van der Waals surface area (Å²) in [6.07, 6.45) is 1.43. The largest absolute Gasteiger partial charge is 0.478 e. The highest BCUT2D eigenvalue weighted by Gasteiger charge is 2.33. The van der Waals surface area contributed by atoms with Crippen molar-refractivity contribution in [3.8, 4) is 0 Å². The van der Waals surface area contributed by atoms with E-state index in [0.29, 0.717) is 32.2 Å². The van der Waals surface area contributed by atoms with Crippen molar-refractivity contribution in [1.82, 2.24) is 16.0 Å². The van der Waals surface area contributed by atoms with E-state index < -0.39 is 48.7 Å². The third-order valence-electron chi connectivity index (χ3n) is 4.61. The molecule has 0 spiro atoms. The number of carbonyl (C=O) groups is 3. The first-order valence-corrected chi connectivity index (χ1v) is 11.5. The van der Waals surface area contributed by atoms with Gasteiger partial charge < -0.3 is 41.2 Å². The standard InChI is InChI=1S/C21H43BN4O7/c1-14(2)17(26-18(28)15(3)24-20(30)33-21(4,5)6)19(29)25-16(10-7-8-11-23)22(31)32-13-9-12-27/h14-17,27,31H,7-13,23H2,1-6H3,(H,24,30)(H,25,29)(H,26,28)/t15-,16-,17-/m0/s1. The normalized spacial score (nSPS) is 14.2. The molecule has 0 aliphatic heterocycles. The number of hydrogen-bond acceptors (Lipinski definition) is 8. The Bertz CT molecular complexity index is 602. The smallest absolute Gasteiger partial charge is 0.444 e. The Morgan fingerprint density at radius 2 is 1.64 bits per heavy atom. The van der Waals surface area contributed by atoms with Crippen LogP contribution in [0, 0.1) is 5.92 Å². The molecule has 3 amide bonds. The Balaban J connectivity index is 5.11. The zero-order valence-electron chi connectivity index (χ0n) is 20.8. The van der Waals surface area contributed by atoms with Crippen molar-refractivity contribution in [2.24, 2.45) is 11.7 Å². The summed E-state index contributed by atoms with van der Waals surface area (Å²) < 4.78 is 10.5. The minimum absolute atomic E-state index is 0.0755. The van der Waals surface area contributed by atoms with Gasteiger partial charge in [-0.2, -0.15) is 0 Å². The predicted octanol–water partition coefficient (Wildman–Crippen LogP) is 0.0729. The molecule has 0 aliphatic rings. The van der Waals surface area contributed by atoms with Gasteiger partial charge >= 0.3 is 13.2 Å². The molecule has 0 radical (unpaired) electrons. The number of carbonyl (C=O) groups excluding carboxylic acids is 3. The molecule has 7 N–H and O–H groups in total. The quantitative estimate of drug-likeness (QED) is 0.143. The van der Waals surface area contributed by atoms with Crippen LogP contribution in [0.1, 0.15) is 67.2 Å². The lowest BCUT2D eigenvalue weighted by Gasteiger charge is -2.28. The Hall–Kier alpha value is -1.89. The van der Waals surface area contributed by atoms with Crippen LogP contribution in [0.2, 0.25) is 0 Å². The van der Waals surface area contributed by atoms with Crippen molar-refractivity contribution in [3.05, 3.63) is 0 Å². The van der Waals surface area contributed by atoms with E-state index in [9.17, 15) is 19.4 Å². The molecule has 0 unspecified atom stereocenters. The highest BCUT2D eigenvalue weighted by molar-refractivity contribution is 6.45. The number of unbranched alkanes of at least 4 members (excludes halogenated alkanes) is 1. The minimum atomic E-state index is -1.27. The topological polar surface area (TPSA) is 172 Å². The van der Waals surface area contributed by atoms with Gasteiger partial charge in [-0.25, -0.2) is 4.79 Å². The molecule has 0 saturated carbocycles. The first-order chi connectivity index (χ1) is 15.3. The van der Waals surface area contributed by atoms with Crippen LogP contribution >= 0.6 is 0 Å². The number of alkyl carbamates (subject to hydrolysis) is 1. The first kappa shape index (κ1) is 31.1. The fourth-order valence-corrected chi connectivity index (χ4v) is 2.82. The molecule has 0 aromatic heterocycles. The van der Waals surface area contributed by atoms with Gasteiger partial charge in [0.2, 0.25) is 11.8 Å². The number of ether oxygens (including phenoxy) is 1. The number of rotatable bonds is 15. The van der Waals surface area contributed by atoms with Gasteiger partial charge in [0.1, 0.15) is 17.7 Å². The third-order valence-corrected chi connectivity index (χ3v) is 4.61. The summed E-state index contributed by atoms with van der Waals surface area (Å²) in [5, 5.41) is 27.1. The van der Waals surface area contributed by atoms with Crippen LogP contribution < -0.4 is 21.7 Å². The Labute approximate surface area is 197 Å². The van der Waals surface area contributed by atoms with Crippen molar-refractivity contribution >= 4 is 25.0 Å². The molecule has 192 valence electrons. The van der Waals surface area contributed by atoms with Gasteiger partial charge in [0.25, 0.3) is 0 Å². The van der Waals surface area contributed by atoms with Gasteiger partial charge in [-0.3, -0.25) is 9.59 Å². The molecule has 33 heavy (non-hydrogen) atoms. The lowest BCUT2D eigenvalue weighted by atomic mass is 9.75. The second kappa shape index (κ2) is 15.9. The van der Waals surface area contributed by atoms with E-state index in [0.717, 1.165) is 0 Å². The summed E-state index contributed by atoms with van der Waals surface area (Å²) >= 11 is 0. The zero-order chi connectivity index (χ0) is 25.6. The van der Waals surface area contributed by atoms with E-state index in [4.69, 9.17) is 20.2 Å². The molecule has 12 heteroatoms. The lowest BCUT2D eigenvalue weighted by Crippen LogP contribution is -2.58. The van der Waals surface area contributed by atoms with Crippen molar-refractivity contribution in [1.29, 1.82) is 0 Å². The van der Waals surface area contributed by atoms with Gasteiger partial charge in [-0.05, 0) is 59.4 Å². The van der Waals surface area contributed by atoms with Crippen molar-refractivity contribution in [2.45, 2.75) is 90.9 Å². The van der Waals surface area contributed by atoms with Crippen LogP contribution in [0.3, 0.4) is 0 Å². The zero-order valence-corrected chi connectivity index (χ0v) is 20.8. The maximum absolute atomic E-state index is 13.0. The predicted molar refractivity (Wildman–Crippen MR) is 126 cm³/mol. The van der Waals surface area contributed by atoms with E-state index in [2.05, 4.69) is 16.0 Å².